The second-order valence-electron chi connectivity index (χ2n) is 5.42. The van der Waals surface area contributed by atoms with Gasteiger partial charge < -0.3 is 9.72 Å². The highest BCUT2D eigenvalue weighted by Gasteiger charge is 2.17. The molecule has 0 saturated carbocycles. The summed E-state index contributed by atoms with van der Waals surface area (Å²) in [4.78, 5) is 3.23. The molecule has 0 saturated heterocycles. The summed E-state index contributed by atoms with van der Waals surface area (Å²) >= 11 is 0. The zero-order chi connectivity index (χ0) is 17.2. The van der Waals surface area contributed by atoms with E-state index in [1.165, 1.54) is 13.2 Å². The molecule has 3 aromatic rings. The van der Waals surface area contributed by atoms with Crippen molar-refractivity contribution in [2.75, 3.05) is 11.8 Å². The third kappa shape index (κ3) is 3.28. The molecule has 0 amide bonds. The monoisotopic (exact) mass is 342 g/mol. The van der Waals surface area contributed by atoms with E-state index < -0.39 is 10.0 Å². The number of hydrogen-bond donors (Lipinski definition) is 2. The van der Waals surface area contributed by atoms with Crippen LogP contribution in [0.3, 0.4) is 0 Å². The molecule has 2 aromatic carbocycles. The van der Waals surface area contributed by atoms with E-state index in [-0.39, 0.29) is 4.90 Å². The van der Waals surface area contributed by atoms with Crippen LogP contribution in [0.1, 0.15) is 5.56 Å². The van der Waals surface area contributed by atoms with Crippen LogP contribution in [0.2, 0.25) is 0 Å². The summed E-state index contributed by atoms with van der Waals surface area (Å²) < 4.78 is 33.1. The van der Waals surface area contributed by atoms with Crippen molar-refractivity contribution >= 4 is 15.7 Å². The Morgan fingerprint density at radius 1 is 1.04 bits per heavy atom. The van der Waals surface area contributed by atoms with Gasteiger partial charge in [0.25, 0.3) is 10.0 Å². The molecular formula is C18H18N2O3S. The van der Waals surface area contributed by atoms with Gasteiger partial charge in [0.1, 0.15) is 5.75 Å². The van der Waals surface area contributed by atoms with Crippen molar-refractivity contribution in [3.8, 4) is 17.0 Å². The lowest BCUT2D eigenvalue weighted by Gasteiger charge is -2.12. The third-order valence-corrected chi connectivity index (χ3v) is 5.05. The molecule has 0 atom stereocenters. The molecule has 3 rings (SSSR count). The van der Waals surface area contributed by atoms with Gasteiger partial charge in [0.15, 0.2) is 0 Å². The van der Waals surface area contributed by atoms with Crippen molar-refractivity contribution in [3.05, 3.63) is 66.4 Å². The molecule has 1 aromatic heterocycles. The van der Waals surface area contributed by atoms with Gasteiger partial charge in [0.05, 0.1) is 12.0 Å². The van der Waals surface area contributed by atoms with E-state index in [0.29, 0.717) is 11.4 Å². The molecule has 0 radical (unpaired) electrons. The van der Waals surface area contributed by atoms with Crippen molar-refractivity contribution in [1.29, 1.82) is 0 Å². The van der Waals surface area contributed by atoms with Gasteiger partial charge in [-0.2, -0.15) is 0 Å². The van der Waals surface area contributed by atoms with Gasteiger partial charge >= 0.3 is 0 Å². The predicted molar refractivity (Wildman–Crippen MR) is 94.8 cm³/mol. The first-order chi connectivity index (χ1) is 11.5. The summed E-state index contributed by atoms with van der Waals surface area (Å²) in [6.07, 6.45) is 1.80. The molecule has 0 aliphatic carbocycles. The van der Waals surface area contributed by atoms with Crippen LogP contribution in [0.15, 0.2) is 65.7 Å². The Kier molecular flexibility index (Phi) is 4.31. The molecule has 2 N–H and O–H groups in total. The number of aromatic nitrogens is 1. The quantitative estimate of drug-likeness (QED) is 0.741. The summed E-state index contributed by atoms with van der Waals surface area (Å²) in [5.74, 6) is 0.490. The molecule has 0 spiro atoms. The fourth-order valence-electron chi connectivity index (χ4n) is 2.39. The van der Waals surface area contributed by atoms with Crippen molar-refractivity contribution in [2.45, 2.75) is 11.8 Å². The number of aromatic amines is 1. The Bertz CT molecular complexity index is 931. The van der Waals surface area contributed by atoms with Crippen LogP contribution < -0.4 is 9.46 Å². The first-order valence-electron chi connectivity index (χ1n) is 7.41. The normalized spacial score (nSPS) is 11.2. The zero-order valence-corrected chi connectivity index (χ0v) is 14.2. The van der Waals surface area contributed by atoms with E-state index in [9.17, 15) is 8.42 Å². The molecule has 0 aliphatic heterocycles. The third-order valence-electron chi connectivity index (χ3n) is 3.68. The molecule has 6 heteroatoms. The van der Waals surface area contributed by atoms with Crippen molar-refractivity contribution in [1.82, 2.24) is 4.98 Å². The fraction of sp³-hybridized carbons (Fsp3) is 0.111. The molecule has 5 nitrogen and oxygen atoms in total. The lowest BCUT2D eigenvalue weighted by molar-refractivity contribution is 0.415. The van der Waals surface area contributed by atoms with Crippen LogP contribution in [0.5, 0.6) is 5.75 Å². The van der Waals surface area contributed by atoms with Gasteiger partial charge in [-0.05, 0) is 43.3 Å². The number of methoxy groups -OCH3 is 1. The van der Waals surface area contributed by atoms with Gasteiger partial charge in [-0.15, -0.1) is 0 Å². The number of sulfonamides is 1. The number of benzene rings is 2. The summed E-state index contributed by atoms with van der Waals surface area (Å²) in [5.41, 5.74) is 3.25. The Morgan fingerprint density at radius 2 is 1.79 bits per heavy atom. The second kappa shape index (κ2) is 6.41. The summed E-state index contributed by atoms with van der Waals surface area (Å²) in [7, 11) is -2.17. The molecule has 0 fully saturated rings. The number of hydrogen-bond acceptors (Lipinski definition) is 3. The Labute approximate surface area is 141 Å². The van der Waals surface area contributed by atoms with Gasteiger partial charge in [0, 0.05) is 29.2 Å². The van der Waals surface area contributed by atoms with Crippen molar-refractivity contribution in [2.24, 2.45) is 0 Å². The maximum Gasteiger partial charge on any atom is 0.262 e. The highest BCUT2D eigenvalue weighted by atomic mass is 32.2. The van der Waals surface area contributed by atoms with Gasteiger partial charge in [-0.1, -0.05) is 17.7 Å². The fourth-order valence-corrected chi connectivity index (χ4v) is 3.47. The highest BCUT2D eigenvalue weighted by Crippen LogP contribution is 2.31. The number of aryl methyl sites for hydroxylation is 1. The zero-order valence-electron chi connectivity index (χ0n) is 13.4. The average Bonchev–Trinajstić information content (AvgIpc) is 3.10. The van der Waals surface area contributed by atoms with Gasteiger partial charge in [0.2, 0.25) is 0 Å². The Balaban J connectivity index is 1.95. The minimum Gasteiger partial charge on any atom is -0.496 e. The van der Waals surface area contributed by atoms with Crippen LogP contribution in [0, 0.1) is 6.92 Å². The summed E-state index contributed by atoms with van der Waals surface area (Å²) in [6.45, 7) is 1.95. The van der Waals surface area contributed by atoms with E-state index in [4.69, 9.17) is 4.74 Å². The number of nitrogens with one attached hydrogen (secondary N) is 2. The van der Waals surface area contributed by atoms with Gasteiger partial charge in [-0.25, -0.2) is 8.42 Å². The SMILES string of the molecule is COc1cc(S(=O)(=O)Nc2ccc(C)cc2)ccc1-c1ccc[nH]1. The van der Waals surface area contributed by atoms with Crippen LogP contribution in [0.4, 0.5) is 5.69 Å². The standard InChI is InChI=1S/C18H18N2O3S/c1-13-5-7-14(8-6-13)20-24(21,22)15-9-10-16(18(12-15)23-2)17-4-3-11-19-17/h3-12,19-20H,1-2H3. The molecule has 0 bridgehead atoms. The van der Waals surface area contributed by atoms with Crippen molar-refractivity contribution < 1.29 is 13.2 Å². The lowest BCUT2D eigenvalue weighted by Crippen LogP contribution is -2.13. The number of ether oxygens (including phenoxy) is 1. The molecule has 0 unspecified atom stereocenters. The number of H-pyrrole nitrogens is 1. The maximum absolute atomic E-state index is 12.6. The van der Waals surface area contributed by atoms with E-state index in [0.717, 1.165) is 16.8 Å². The first kappa shape index (κ1) is 16.1. The van der Waals surface area contributed by atoms with E-state index in [1.54, 1.807) is 30.5 Å². The van der Waals surface area contributed by atoms with Crippen LogP contribution in [0.25, 0.3) is 11.3 Å². The molecule has 124 valence electrons. The van der Waals surface area contributed by atoms with E-state index >= 15 is 0 Å². The molecule has 0 aliphatic rings. The van der Waals surface area contributed by atoms with E-state index in [2.05, 4.69) is 9.71 Å². The minimum atomic E-state index is -3.68. The van der Waals surface area contributed by atoms with Gasteiger partial charge in [-0.3, -0.25) is 4.72 Å². The van der Waals surface area contributed by atoms with E-state index in [1.807, 2.05) is 31.2 Å². The van der Waals surface area contributed by atoms with Crippen molar-refractivity contribution in [3.63, 3.8) is 0 Å². The number of anilines is 1. The Morgan fingerprint density at radius 3 is 2.42 bits per heavy atom. The average molecular weight is 342 g/mol. The highest BCUT2D eigenvalue weighted by molar-refractivity contribution is 7.92. The second-order valence-corrected chi connectivity index (χ2v) is 7.10. The summed E-state index contributed by atoms with van der Waals surface area (Å²) in [5, 5.41) is 0. The van der Waals surface area contributed by atoms with Crippen LogP contribution in [-0.2, 0) is 10.0 Å². The first-order valence-corrected chi connectivity index (χ1v) is 8.89. The largest absolute Gasteiger partial charge is 0.496 e. The minimum absolute atomic E-state index is 0.148. The number of rotatable bonds is 5. The molecular weight excluding hydrogens is 324 g/mol. The smallest absolute Gasteiger partial charge is 0.262 e. The Hall–Kier alpha value is -2.73. The van der Waals surface area contributed by atoms with Crippen LogP contribution >= 0.6 is 0 Å². The topological polar surface area (TPSA) is 71.2 Å². The predicted octanol–water partition coefficient (Wildman–Crippen LogP) is 3.80. The maximum atomic E-state index is 12.6. The lowest BCUT2D eigenvalue weighted by atomic mass is 10.1. The summed E-state index contributed by atoms with van der Waals surface area (Å²) in [6, 6.07) is 15.8. The molecule has 1 heterocycles. The van der Waals surface area contributed by atoms with Crippen LogP contribution in [-0.4, -0.2) is 20.5 Å². The molecule has 24 heavy (non-hydrogen) atoms.